The Labute approximate surface area is 82.7 Å². The van der Waals surface area contributed by atoms with Crippen molar-refractivity contribution in [3.05, 3.63) is 0 Å². The van der Waals surface area contributed by atoms with E-state index in [-0.39, 0.29) is 0 Å². The highest BCUT2D eigenvalue weighted by molar-refractivity contribution is 4.76. The number of likely N-dealkylation sites (tertiary alicyclic amines) is 1. The first-order chi connectivity index (χ1) is 6.24. The molecule has 1 saturated heterocycles. The predicted octanol–water partition coefficient (Wildman–Crippen LogP) is 1.72. The fraction of sp³-hybridized carbons (Fsp3) is 1.00. The van der Waals surface area contributed by atoms with Crippen molar-refractivity contribution >= 4 is 0 Å². The molecule has 0 radical (unpaired) electrons. The van der Waals surface area contributed by atoms with Gasteiger partial charge in [0, 0.05) is 12.6 Å². The molecule has 1 aliphatic heterocycles. The first kappa shape index (κ1) is 11.0. The van der Waals surface area contributed by atoms with E-state index in [1.807, 2.05) is 0 Å². The summed E-state index contributed by atoms with van der Waals surface area (Å²) in [4.78, 5) is 2.60. The third-order valence-electron chi connectivity index (χ3n) is 2.96. The first-order valence-corrected chi connectivity index (χ1v) is 5.68. The van der Waals surface area contributed by atoms with Crippen LogP contribution in [0, 0.1) is 5.92 Å². The monoisotopic (exact) mass is 184 g/mol. The third-order valence-corrected chi connectivity index (χ3v) is 2.96. The summed E-state index contributed by atoms with van der Waals surface area (Å²) < 4.78 is 0. The van der Waals surface area contributed by atoms with Gasteiger partial charge in [-0.3, -0.25) is 0 Å². The predicted molar refractivity (Wildman–Crippen MR) is 58.0 cm³/mol. The van der Waals surface area contributed by atoms with E-state index in [1.54, 1.807) is 0 Å². The van der Waals surface area contributed by atoms with Crippen LogP contribution in [0.15, 0.2) is 0 Å². The van der Waals surface area contributed by atoms with Gasteiger partial charge in [0.2, 0.25) is 0 Å². The number of nitrogens with zero attached hydrogens (tertiary/aromatic N) is 1. The van der Waals surface area contributed by atoms with E-state index in [2.05, 4.69) is 31.0 Å². The smallest absolute Gasteiger partial charge is 0.00387 e. The van der Waals surface area contributed by atoms with Crippen LogP contribution in [0.4, 0.5) is 0 Å². The Morgan fingerprint density at radius 3 is 2.85 bits per heavy atom. The molecule has 1 N–H and O–H groups in total. The largest absolute Gasteiger partial charge is 0.317 e. The zero-order valence-electron chi connectivity index (χ0n) is 9.34. The molecule has 0 aromatic rings. The number of hydrogen-bond donors (Lipinski definition) is 1. The molecule has 0 aliphatic carbocycles. The second-order valence-electron chi connectivity index (χ2n) is 4.40. The van der Waals surface area contributed by atoms with Crippen molar-refractivity contribution in [3.8, 4) is 0 Å². The lowest BCUT2D eigenvalue weighted by molar-refractivity contribution is 0.139. The number of piperidine rings is 1. The fourth-order valence-electron chi connectivity index (χ4n) is 2.08. The van der Waals surface area contributed by atoms with Crippen molar-refractivity contribution in [2.75, 3.05) is 26.2 Å². The van der Waals surface area contributed by atoms with Gasteiger partial charge in [0.15, 0.2) is 0 Å². The van der Waals surface area contributed by atoms with Gasteiger partial charge < -0.3 is 10.2 Å². The lowest BCUT2D eigenvalue weighted by atomic mass is 9.97. The molecule has 13 heavy (non-hydrogen) atoms. The van der Waals surface area contributed by atoms with Gasteiger partial charge in [-0.2, -0.15) is 0 Å². The van der Waals surface area contributed by atoms with Crippen molar-refractivity contribution in [2.45, 2.75) is 39.7 Å². The van der Waals surface area contributed by atoms with Gasteiger partial charge in [-0.25, -0.2) is 0 Å². The number of hydrogen-bond acceptors (Lipinski definition) is 2. The summed E-state index contributed by atoms with van der Waals surface area (Å²) in [7, 11) is 0. The molecular weight excluding hydrogens is 160 g/mol. The van der Waals surface area contributed by atoms with Crippen molar-refractivity contribution in [3.63, 3.8) is 0 Å². The van der Waals surface area contributed by atoms with E-state index in [0.717, 1.165) is 18.5 Å². The standard InChI is InChI=1S/C11H24N2/c1-4-12-8-11-6-5-7-13(9-11)10(2)3/h10-12H,4-9H2,1-3H3. The molecule has 0 bridgehead atoms. The van der Waals surface area contributed by atoms with Gasteiger partial charge in [0.25, 0.3) is 0 Å². The van der Waals surface area contributed by atoms with E-state index in [0.29, 0.717) is 0 Å². The summed E-state index contributed by atoms with van der Waals surface area (Å²) in [5.41, 5.74) is 0. The Morgan fingerprint density at radius 1 is 1.46 bits per heavy atom. The van der Waals surface area contributed by atoms with E-state index in [9.17, 15) is 0 Å². The molecule has 78 valence electrons. The van der Waals surface area contributed by atoms with Crippen molar-refractivity contribution in [1.29, 1.82) is 0 Å². The summed E-state index contributed by atoms with van der Waals surface area (Å²) in [6.45, 7) is 11.7. The summed E-state index contributed by atoms with van der Waals surface area (Å²) in [6, 6.07) is 0.726. The molecule has 0 saturated carbocycles. The Morgan fingerprint density at radius 2 is 2.23 bits per heavy atom. The van der Waals surface area contributed by atoms with Crippen LogP contribution in [0.5, 0.6) is 0 Å². The van der Waals surface area contributed by atoms with Gasteiger partial charge in [-0.05, 0) is 52.2 Å². The molecule has 1 fully saturated rings. The zero-order valence-corrected chi connectivity index (χ0v) is 9.34. The highest BCUT2D eigenvalue weighted by atomic mass is 15.2. The van der Waals surface area contributed by atoms with Crippen LogP contribution in [-0.4, -0.2) is 37.1 Å². The van der Waals surface area contributed by atoms with Crippen LogP contribution < -0.4 is 5.32 Å². The lowest BCUT2D eigenvalue weighted by Crippen LogP contribution is -2.42. The normalized spacial score (nSPS) is 25.4. The van der Waals surface area contributed by atoms with Gasteiger partial charge in [0.1, 0.15) is 0 Å². The molecule has 1 heterocycles. The number of rotatable bonds is 4. The second kappa shape index (κ2) is 5.61. The van der Waals surface area contributed by atoms with E-state index >= 15 is 0 Å². The molecule has 1 rings (SSSR count). The Balaban J connectivity index is 2.25. The maximum atomic E-state index is 3.45. The molecule has 0 spiro atoms. The minimum Gasteiger partial charge on any atom is -0.317 e. The number of nitrogens with one attached hydrogen (secondary N) is 1. The molecular formula is C11H24N2. The topological polar surface area (TPSA) is 15.3 Å². The highest BCUT2D eigenvalue weighted by Crippen LogP contribution is 2.17. The molecule has 2 nitrogen and oxygen atoms in total. The van der Waals surface area contributed by atoms with Gasteiger partial charge in [-0.1, -0.05) is 6.92 Å². The Hall–Kier alpha value is -0.0800. The minimum atomic E-state index is 0.726. The SMILES string of the molecule is CCNCC1CCCN(C(C)C)C1. The van der Waals surface area contributed by atoms with Crippen LogP contribution in [0.3, 0.4) is 0 Å². The maximum absolute atomic E-state index is 3.45. The van der Waals surface area contributed by atoms with E-state index in [1.165, 1.54) is 32.5 Å². The zero-order chi connectivity index (χ0) is 9.68. The van der Waals surface area contributed by atoms with E-state index in [4.69, 9.17) is 0 Å². The quantitative estimate of drug-likeness (QED) is 0.715. The van der Waals surface area contributed by atoms with Crippen LogP contribution in [0.1, 0.15) is 33.6 Å². The Bertz CT molecular complexity index is 134. The summed E-state index contributed by atoms with van der Waals surface area (Å²) in [6.07, 6.45) is 2.80. The van der Waals surface area contributed by atoms with Crippen LogP contribution in [0.2, 0.25) is 0 Å². The van der Waals surface area contributed by atoms with Crippen LogP contribution >= 0.6 is 0 Å². The fourth-order valence-corrected chi connectivity index (χ4v) is 2.08. The van der Waals surface area contributed by atoms with Crippen molar-refractivity contribution in [2.24, 2.45) is 5.92 Å². The first-order valence-electron chi connectivity index (χ1n) is 5.68. The molecule has 2 heteroatoms. The average molecular weight is 184 g/mol. The molecule has 0 amide bonds. The average Bonchev–Trinajstić information content (AvgIpc) is 2.15. The van der Waals surface area contributed by atoms with Gasteiger partial charge in [0.05, 0.1) is 0 Å². The minimum absolute atomic E-state index is 0.726. The third kappa shape index (κ3) is 3.65. The highest BCUT2D eigenvalue weighted by Gasteiger charge is 2.20. The van der Waals surface area contributed by atoms with Gasteiger partial charge >= 0.3 is 0 Å². The summed E-state index contributed by atoms with van der Waals surface area (Å²) in [5, 5.41) is 3.45. The van der Waals surface area contributed by atoms with Crippen LogP contribution in [-0.2, 0) is 0 Å². The molecule has 0 aromatic carbocycles. The van der Waals surface area contributed by atoms with Crippen molar-refractivity contribution < 1.29 is 0 Å². The lowest BCUT2D eigenvalue weighted by Gasteiger charge is -2.35. The maximum Gasteiger partial charge on any atom is 0.00387 e. The van der Waals surface area contributed by atoms with Gasteiger partial charge in [-0.15, -0.1) is 0 Å². The molecule has 1 unspecified atom stereocenters. The summed E-state index contributed by atoms with van der Waals surface area (Å²) in [5.74, 6) is 0.885. The molecule has 0 aromatic heterocycles. The molecule has 1 aliphatic rings. The Kier molecular flexibility index (Phi) is 4.74. The van der Waals surface area contributed by atoms with Crippen molar-refractivity contribution in [1.82, 2.24) is 10.2 Å². The summed E-state index contributed by atoms with van der Waals surface area (Å²) >= 11 is 0. The molecule has 1 atom stereocenters. The second-order valence-corrected chi connectivity index (χ2v) is 4.40. The van der Waals surface area contributed by atoms with E-state index < -0.39 is 0 Å². The van der Waals surface area contributed by atoms with Crippen LogP contribution in [0.25, 0.3) is 0 Å².